The van der Waals surface area contributed by atoms with Gasteiger partial charge in [-0.3, -0.25) is 4.79 Å². The molecular weight excluding hydrogens is 363 g/mol. The Morgan fingerprint density at radius 3 is 2.67 bits per heavy atom. The van der Waals surface area contributed by atoms with Gasteiger partial charge in [0.1, 0.15) is 11.6 Å². The van der Waals surface area contributed by atoms with E-state index < -0.39 is 0 Å². The molecule has 3 rings (SSSR count). The molecule has 0 bridgehead atoms. The van der Waals surface area contributed by atoms with Crippen molar-refractivity contribution in [3.8, 4) is 0 Å². The Balaban J connectivity index is 1.51. The number of thioether (sulfide) groups is 1. The molecule has 146 valence electrons. The first-order valence-corrected chi connectivity index (χ1v) is 10.7. The van der Waals surface area contributed by atoms with E-state index in [4.69, 9.17) is 0 Å². The van der Waals surface area contributed by atoms with E-state index >= 15 is 0 Å². The Bertz CT molecular complexity index is 741. The quantitative estimate of drug-likeness (QED) is 0.665. The number of nitrogens with zero attached hydrogens (tertiary/aromatic N) is 3. The van der Waals surface area contributed by atoms with Crippen molar-refractivity contribution >= 4 is 23.4 Å². The third-order valence-corrected chi connectivity index (χ3v) is 6.04. The van der Waals surface area contributed by atoms with Crippen LogP contribution in [0.2, 0.25) is 0 Å². The van der Waals surface area contributed by atoms with Crippen LogP contribution >= 0.6 is 11.8 Å². The van der Waals surface area contributed by atoms with Gasteiger partial charge in [0.2, 0.25) is 5.91 Å². The lowest BCUT2D eigenvalue weighted by Gasteiger charge is -2.21. The Hall–Kier alpha value is -1.89. The second-order valence-corrected chi connectivity index (χ2v) is 7.97. The molecule has 2 aromatic rings. The zero-order chi connectivity index (χ0) is 19.1. The number of rotatable bonds is 8. The fraction of sp³-hybridized carbons (Fsp3) is 0.550. The van der Waals surface area contributed by atoms with Crippen LogP contribution in [-0.2, 0) is 17.8 Å². The van der Waals surface area contributed by atoms with E-state index in [1.54, 1.807) is 12.1 Å². The van der Waals surface area contributed by atoms with Crippen LogP contribution in [0.3, 0.4) is 0 Å². The number of hydrogen-bond donors (Lipinski definition) is 1. The maximum Gasteiger partial charge on any atom is 0.234 e. The molecule has 0 unspecified atom stereocenters. The van der Waals surface area contributed by atoms with Gasteiger partial charge >= 0.3 is 0 Å². The van der Waals surface area contributed by atoms with E-state index in [1.165, 1.54) is 62.4 Å². The molecule has 0 aliphatic heterocycles. The highest BCUT2D eigenvalue weighted by molar-refractivity contribution is 7.99. The van der Waals surface area contributed by atoms with Crippen LogP contribution in [0.25, 0.3) is 0 Å². The summed E-state index contributed by atoms with van der Waals surface area (Å²) >= 11 is 1.39. The van der Waals surface area contributed by atoms with Gasteiger partial charge in [-0.15, -0.1) is 10.2 Å². The minimum Gasteiger partial charge on any atom is -0.325 e. The van der Waals surface area contributed by atoms with Crippen molar-refractivity contribution in [3.63, 3.8) is 0 Å². The van der Waals surface area contributed by atoms with Gasteiger partial charge < -0.3 is 9.88 Å². The van der Waals surface area contributed by atoms with Gasteiger partial charge in [-0.25, -0.2) is 4.39 Å². The Morgan fingerprint density at radius 2 is 1.96 bits per heavy atom. The van der Waals surface area contributed by atoms with Crippen LogP contribution in [0.1, 0.15) is 51.3 Å². The average molecular weight is 391 g/mol. The molecule has 1 aromatic carbocycles. The third-order valence-electron chi connectivity index (χ3n) is 5.07. The number of amides is 1. The maximum atomic E-state index is 12.9. The monoisotopic (exact) mass is 390 g/mol. The summed E-state index contributed by atoms with van der Waals surface area (Å²) in [4.78, 5) is 12.1. The Morgan fingerprint density at radius 1 is 1.22 bits per heavy atom. The molecule has 1 N–H and O–H groups in total. The number of halogens is 1. The molecule has 1 heterocycles. The number of aryl methyl sites for hydroxylation is 1. The van der Waals surface area contributed by atoms with Crippen LogP contribution in [0.15, 0.2) is 29.4 Å². The SMILES string of the molecule is CCn1c(CCC2CCCCC2)nnc1SCC(=O)Nc1ccc(F)cc1. The normalized spacial score (nSPS) is 15.0. The largest absolute Gasteiger partial charge is 0.325 e. The van der Waals surface area contributed by atoms with Crippen LogP contribution in [0.5, 0.6) is 0 Å². The second kappa shape index (κ2) is 9.88. The van der Waals surface area contributed by atoms with Crippen molar-refractivity contribution < 1.29 is 9.18 Å². The van der Waals surface area contributed by atoms with E-state index in [9.17, 15) is 9.18 Å². The van der Waals surface area contributed by atoms with E-state index in [0.29, 0.717) is 5.69 Å². The van der Waals surface area contributed by atoms with Crippen molar-refractivity contribution in [2.75, 3.05) is 11.1 Å². The van der Waals surface area contributed by atoms with Gasteiger partial charge in [-0.05, 0) is 43.5 Å². The summed E-state index contributed by atoms with van der Waals surface area (Å²) in [6.07, 6.45) is 8.89. The van der Waals surface area contributed by atoms with Crippen molar-refractivity contribution in [2.45, 2.75) is 63.6 Å². The van der Waals surface area contributed by atoms with Crippen LogP contribution < -0.4 is 5.32 Å². The summed E-state index contributed by atoms with van der Waals surface area (Å²) in [5.74, 6) is 1.63. The molecule has 1 aliphatic rings. The molecule has 5 nitrogen and oxygen atoms in total. The molecule has 7 heteroatoms. The van der Waals surface area contributed by atoms with E-state index in [1.807, 2.05) is 0 Å². The molecular formula is C20H27FN4OS. The molecule has 27 heavy (non-hydrogen) atoms. The van der Waals surface area contributed by atoms with Crippen LogP contribution in [0, 0.1) is 11.7 Å². The smallest absolute Gasteiger partial charge is 0.234 e. The van der Waals surface area contributed by atoms with Crippen molar-refractivity contribution in [1.82, 2.24) is 14.8 Å². The predicted molar refractivity (Wildman–Crippen MR) is 106 cm³/mol. The van der Waals surface area contributed by atoms with Gasteiger partial charge in [0.15, 0.2) is 5.16 Å². The fourth-order valence-corrected chi connectivity index (χ4v) is 4.42. The summed E-state index contributed by atoms with van der Waals surface area (Å²) in [5, 5.41) is 12.2. The molecule has 0 saturated heterocycles. The average Bonchev–Trinajstić information content (AvgIpc) is 3.09. The van der Waals surface area contributed by atoms with Gasteiger partial charge in [0.25, 0.3) is 0 Å². The Labute approximate surface area is 164 Å². The first-order valence-electron chi connectivity index (χ1n) is 9.76. The molecule has 1 amide bonds. The Kier molecular flexibility index (Phi) is 7.26. The lowest BCUT2D eigenvalue weighted by atomic mass is 9.86. The number of benzene rings is 1. The number of carbonyl (C=O) groups excluding carboxylic acids is 1. The lowest BCUT2D eigenvalue weighted by Crippen LogP contribution is -2.15. The number of aromatic nitrogens is 3. The molecule has 1 saturated carbocycles. The summed E-state index contributed by atoms with van der Waals surface area (Å²) in [6.45, 7) is 2.88. The highest BCUT2D eigenvalue weighted by atomic mass is 32.2. The zero-order valence-corrected chi connectivity index (χ0v) is 16.6. The molecule has 0 atom stereocenters. The number of hydrogen-bond acceptors (Lipinski definition) is 4. The fourth-order valence-electron chi connectivity index (χ4n) is 3.60. The third kappa shape index (κ3) is 5.79. The van der Waals surface area contributed by atoms with Gasteiger partial charge in [0, 0.05) is 18.7 Å². The molecule has 0 radical (unpaired) electrons. The molecule has 1 aromatic heterocycles. The molecule has 1 fully saturated rings. The van der Waals surface area contributed by atoms with Crippen molar-refractivity contribution in [2.24, 2.45) is 5.92 Å². The summed E-state index contributed by atoms with van der Waals surface area (Å²) in [6, 6.07) is 5.76. The van der Waals surface area contributed by atoms with Crippen LogP contribution in [-0.4, -0.2) is 26.4 Å². The van der Waals surface area contributed by atoms with Crippen LogP contribution in [0.4, 0.5) is 10.1 Å². The summed E-state index contributed by atoms with van der Waals surface area (Å²) < 4.78 is 15.0. The minimum absolute atomic E-state index is 0.138. The van der Waals surface area contributed by atoms with Crippen molar-refractivity contribution in [3.05, 3.63) is 35.9 Å². The second-order valence-electron chi connectivity index (χ2n) is 7.03. The number of carbonyl (C=O) groups is 1. The summed E-state index contributed by atoms with van der Waals surface area (Å²) in [7, 11) is 0. The predicted octanol–water partition coefficient (Wildman–Crippen LogP) is 4.68. The first kappa shape index (κ1) is 19.9. The van der Waals surface area contributed by atoms with E-state index in [0.717, 1.165) is 29.9 Å². The van der Waals surface area contributed by atoms with Crippen molar-refractivity contribution in [1.29, 1.82) is 0 Å². The molecule has 1 aliphatic carbocycles. The first-order chi connectivity index (χ1) is 13.2. The lowest BCUT2D eigenvalue weighted by molar-refractivity contribution is -0.113. The highest BCUT2D eigenvalue weighted by Crippen LogP contribution is 2.28. The van der Waals surface area contributed by atoms with Gasteiger partial charge in [-0.2, -0.15) is 0 Å². The summed E-state index contributed by atoms with van der Waals surface area (Å²) in [5.41, 5.74) is 0.590. The van der Waals surface area contributed by atoms with Gasteiger partial charge in [0.05, 0.1) is 5.75 Å². The van der Waals surface area contributed by atoms with E-state index in [-0.39, 0.29) is 17.5 Å². The zero-order valence-electron chi connectivity index (χ0n) is 15.8. The molecule has 0 spiro atoms. The maximum absolute atomic E-state index is 12.9. The van der Waals surface area contributed by atoms with Gasteiger partial charge in [-0.1, -0.05) is 43.9 Å². The topological polar surface area (TPSA) is 59.8 Å². The standard InChI is InChI=1S/C20H27FN4OS/c1-2-25-18(13-8-15-6-4-3-5-7-15)23-24-20(25)27-14-19(26)22-17-11-9-16(21)10-12-17/h9-12,15H,2-8,13-14H2,1H3,(H,22,26). The van der Waals surface area contributed by atoms with E-state index in [2.05, 4.69) is 27.0 Å². The highest BCUT2D eigenvalue weighted by Gasteiger charge is 2.17. The number of anilines is 1. The number of nitrogens with one attached hydrogen (secondary N) is 1. The minimum atomic E-state index is -0.320.